The van der Waals surface area contributed by atoms with E-state index in [-0.39, 0.29) is 34.4 Å². The quantitative estimate of drug-likeness (QED) is 0.374. The van der Waals surface area contributed by atoms with Gasteiger partial charge in [0.05, 0.1) is 13.1 Å². The Morgan fingerprint density at radius 3 is 2.37 bits per heavy atom. The first-order chi connectivity index (χ1) is 16.3. The Bertz CT molecular complexity index is 1320. The van der Waals surface area contributed by atoms with Crippen LogP contribution in [0.1, 0.15) is 36.8 Å². The summed E-state index contributed by atoms with van der Waals surface area (Å²) in [6.45, 7) is 4.28. The van der Waals surface area contributed by atoms with Crippen molar-refractivity contribution in [1.82, 2.24) is 20.4 Å². The molecule has 0 aliphatic carbocycles. The lowest BCUT2D eigenvalue weighted by Gasteiger charge is -2.30. The molecule has 1 atom stereocenters. The monoisotopic (exact) mass is 490 g/mol. The van der Waals surface area contributed by atoms with Crippen molar-refractivity contribution < 1.29 is 27.6 Å². The molecule has 2 aromatic carbocycles. The van der Waals surface area contributed by atoms with E-state index in [9.17, 15) is 27.6 Å². The number of primary amides is 1. The number of amides is 3. The Morgan fingerprint density at radius 1 is 1.09 bits per heavy atom. The molecule has 1 aromatic heterocycles. The van der Waals surface area contributed by atoms with Gasteiger partial charge < -0.3 is 22.1 Å². The molecule has 0 spiro atoms. The van der Waals surface area contributed by atoms with Crippen molar-refractivity contribution in [1.29, 1.82) is 0 Å². The van der Waals surface area contributed by atoms with E-state index in [4.69, 9.17) is 11.5 Å². The number of aromatic nitrogens is 2. The van der Waals surface area contributed by atoms with Crippen molar-refractivity contribution in [2.45, 2.75) is 33.4 Å². The molecular weight excluding hydrogens is 465 g/mol. The summed E-state index contributed by atoms with van der Waals surface area (Å²) in [4.78, 5) is 36.8. The number of nitrogens with zero attached hydrogens (tertiary/aromatic N) is 2. The molecular formula is C23H25F3N6O3. The molecule has 35 heavy (non-hydrogen) atoms. The van der Waals surface area contributed by atoms with E-state index in [0.717, 1.165) is 16.8 Å². The number of rotatable bonds is 7. The van der Waals surface area contributed by atoms with Gasteiger partial charge in [0.2, 0.25) is 11.8 Å². The van der Waals surface area contributed by atoms with Crippen molar-refractivity contribution in [3.63, 3.8) is 0 Å². The molecule has 9 nitrogen and oxygen atoms in total. The highest BCUT2D eigenvalue weighted by atomic mass is 19.2. The first-order valence-electron chi connectivity index (χ1n) is 10.5. The summed E-state index contributed by atoms with van der Waals surface area (Å²) < 4.78 is 44.1. The second kappa shape index (κ2) is 9.65. The summed E-state index contributed by atoms with van der Waals surface area (Å²) in [5, 5.41) is 8.94. The van der Waals surface area contributed by atoms with Crippen LogP contribution in [0.2, 0.25) is 0 Å². The molecule has 3 rings (SSSR count). The average Bonchev–Trinajstić information content (AvgIpc) is 3.13. The number of carbonyl (C=O) groups is 3. The SMILES string of the molecule is CC(C)(C)[C@H](NC(=O)c1nn(Cc2ccc(N)cc2F)c2c(F)c(F)ccc12)C(=O)NCC(N)=O. The lowest BCUT2D eigenvalue weighted by atomic mass is 9.86. The van der Waals surface area contributed by atoms with Gasteiger partial charge in [-0.2, -0.15) is 5.10 Å². The van der Waals surface area contributed by atoms with Crippen LogP contribution in [0.4, 0.5) is 18.9 Å². The zero-order chi connectivity index (χ0) is 26.1. The number of hydrogen-bond acceptors (Lipinski definition) is 5. The molecule has 0 fully saturated rings. The van der Waals surface area contributed by atoms with Crippen LogP contribution >= 0.6 is 0 Å². The zero-order valence-corrected chi connectivity index (χ0v) is 19.3. The number of nitrogens with two attached hydrogens (primary N) is 2. The maximum atomic E-state index is 14.8. The van der Waals surface area contributed by atoms with Crippen molar-refractivity contribution in [2.24, 2.45) is 11.1 Å². The van der Waals surface area contributed by atoms with Gasteiger partial charge in [0.1, 0.15) is 17.4 Å². The van der Waals surface area contributed by atoms with Crippen LogP contribution < -0.4 is 22.1 Å². The highest BCUT2D eigenvalue weighted by Crippen LogP contribution is 2.26. The van der Waals surface area contributed by atoms with Crippen LogP contribution in [0, 0.1) is 22.9 Å². The molecule has 0 aliphatic rings. The molecule has 0 aliphatic heterocycles. The minimum Gasteiger partial charge on any atom is -0.399 e. The highest BCUT2D eigenvalue weighted by Gasteiger charge is 2.34. The number of benzene rings is 2. The molecule has 1 heterocycles. The van der Waals surface area contributed by atoms with Crippen molar-refractivity contribution in [2.75, 3.05) is 12.3 Å². The third-order valence-corrected chi connectivity index (χ3v) is 5.26. The molecule has 0 bridgehead atoms. The lowest BCUT2D eigenvalue weighted by molar-refractivity contribution is -0.128. The second-order valence-corrected chi connectivity index (χ2v) is 9.07. The fraction of sp³-hybridized carbons (Fsp3) is 0.304. The van der Waals surface area contributed by atoms with E-state index in [1.54, 1.807) is 20.8 Å². The number of anilines is 1. The molecule has 6 N–H and O–H groups in total. The first kappa shape index (κ1) is 25.5. The van der Waals surface area contributed by atoms with Gasteiger partial charge in [-0.3, -0.25) is 19.1 Å². The summed E-state index contributed by atoms with van der Waals surface area (Å²) in [5.41, 5.74) is 9.43. The second-order valence-electron chi connectivity index (χ2n) is 9.07. The standard InChI is InChI=1S/C23H25F3N6O3/c1-23(2,3)20(22(35)29-9-16(28)33)30-21(34)18-13-6-7-14(24)17(26)19(13)32(31-18)10-11-4-5-12(27)8-15(11)25/h4-8,20H,9-10,27H2,1-3H3,(H2,28,33)(H,29,35)(H,30,34)/t20-/m1/s1. The van der Waals surface area contributed by atoms with Crippen LogP contribution in [0.5, 0.6) is 0 Å². The predicted octanol–water partition coefficient (Wildman–Crippen LogP) is 1.83. The van der Waals surface area contributed by atoms with Crippen LogP contribution in [-0.4, -0.2) is 40.1 Å². The number of halogens is 3. The summed E-state index contributed by atoms with van der Waals surface area (Å²) >= 11 is 0. The predicted molar refractivity (Wildman–Crippen MR) is 122 cm³/mol. The normalized spacial score (nSPS) is 12.4. The molecule has 0 saturated heterocycles. The van der Waals surface area contributed by atoms with Crippen LogP contribution in [0.15, 0.2) is 30.3 Å². The number of fused-ring (bicyclic) bond motifs is 1. The van der Waals surface area contributed by atoms with E-state index in [1.165, 1.54) is 18.2 Å². The van der Waals surface area contributed by atoms with Crippen LogP contribution in [0.25, 0.3) is 10.9 Å². The zero-order valence-electron chi connectivity index (χ0n) is 19.3. The Kier molecular flexibility index (Phi) is 7.04. The maximum absolute atomic E-state index is 14.8. The van der Waals surface area contributed by atoms with Crippen molar-refractivity contribution in [3.8, 4) is 0 Å². The van der Waals surface area contributed by atoms with Gasteiger partial charge >= 0.3 is 0 Å². The van der Waals surface area contributed by atoms with E-state index < -0.39 is 53.2 Å². The number of nitrogens with one attached hydrogen (secondary N) is 2. The van der Waals surface area contributed by atoms with E-state index in [1.807, 2.05) is 0 Å². The smallest absolute Gasteiger partial charge is 0.273 e. The molecule has 0 radical (unpaired) electrons. The summed E-state index contributed by atoms with van der Waals surface area (Å²) in [7, 11) is 0. The van der Waals surface area contributed by atoms with Crippen LogP contribution in [-0.2, 0) is 16.1 Å². The van der Waals surface area contributed by atoms with Gasteiger partial charge in [-0.1, -0.05) is 26.8 Å². The van der Waals surface area contributed by atoms with Gasteiger partial charge in [-0.05, 0) is 29.7 Å². The topological polar surface area (TPSA) is 145 Å². The summed E-state index contributed by atoms with van der Waals surface area (Å²) in [5.74, 6) is -5.43. The minimum atomic E-state index is -1.27. The van der Waals surface area contributed by atoms with Crippen molar-refractivity contribution >= 4 is 34.3 Å². The van der Waals surface area contributed by atoms with Crippen molar-refractivity contribution in [3.05, 3.63) is 59.0 Å². The van der Waals surface area contributed by atoms with Gasteiger partial charge in [-0.15, -0.1) is 0 Å². The fourth-order valence-corrected chi connectivity index (χ4v) is 3.49. The first-order valence-corrected chi connectivity index (χ1v) is 10.5. The summed E-state index contributed by atoms with van der Waals surface area (Å²) in [6, 6.07) is 4.76. The Hall–Kier alpha value is -4.09. The van der Waals surface area contributed by atoms with E-state index in [2.05, 4.69) is 15.7 Å². The van der Waals surface area contributed by atoms with Crippen LogP contribution in [0.3, 0.4) is 0 Å². The highest BCUT2D eigenvalue weighted by molar-refractivity contribution is 6.06. The maximum Gasteiger partial charge on any atom is 0.273 e. The molecule has 0 saturated carbocycles. The molecule has 0 unspecified atom stereocenters. The van der Waals surface area contributed by atoms with Gasteiger partial charge in [0.25, 0.3) is 5.91 Å². The Balaban J connectivity index is 2.03. The Labute approximate surface area is 198 Å². The number of nitrogen functional groups attached to an aromatic ring is 1. The van der Waals surface area contributed by atoms with Gasteiger partial charge in [-0.25, -0.2) is 13.2 Å². The lowest BCUT2D eigenvalue weighted by Crippen LogP contribution is -2.54. The number of carbonyl (C=O) groups excluding carboxylic acids is 3. The molecule has 186 valence electrons. The largest absolute Gasteiger partial charge is 0.399 e. The van der Waals surface area contributed by atoms with E-state index in [0.29, 0.717) is 0 Å². The average molecular weight is 490 g/mol. The molecule has 3 amide bonds. The van der Waals surface area contributed by atoms with Gasteiger partial charge in [0.15, 0.2) is 17.3 Å². The fourth-order valence-electron chi connectivity index (χ4n) is 3.49. The number of hydrogen-bond donors (Lipinski definition) is 4. The third-order valence-electron chi connectivity index (χ3n) is 5.26. The third kappa shape index (κ3) is 5.53. The van der Waals surface area contributed by atoms with Gasteiger partial charge in [0, 0.05) is 16.6 Å². The Morgan fingerprint density at radius 2 is 1.77 bits per heavy atom. The minimum absolute atomic E-state index is 0.0394. The molecule has 3 aromatic rings. The van der Waals surface area contributed by atoms with E-state index >= 15 is 0 Å². The molecule has 12 heteroatoms. The summed E-state index contributed by atoms with van der Waals surface area (Å²) in [6.07, 6.45) is 0.